The minimum Gasteiger partial charge on any atom is -0.486 e. The van der Waals surface area contributed by atoms with Crippen molar-refractivity contribution in [2.75, 3.05) is 31.7 Å². The van der Waals surface area contributed by atoms with Crippen LogP contribution >= 0.6 is 0 Å². The van der Waals surface area contributed by atoms with E-state index in [9.17, 15) is 14.4 Å². The number of hydrogen-bond acceptors (Lipinski definition) is 5. The monoisotopic (exact) mass is 348 g/mol. The van der Waals surface area contributed by atoms with Gasteiger partial charge in [0.25, 0.3) is 0 Å². The standard InChI is InChI=1S/C17H20N2O6/c1-10(17(22)23)18(2)16(21)11-7-15(20)19(9-11)12-3-4-13-14(8-12)25-6-5-24-13/h3-4,8,10-11H,5-7,9H2,1-2H3,(H,22,23). The van der Waals surface area contributed by atoms with E-state index in [1.165, 1.54) is 23.8 Å². The lowest BCUT2D eigenvalue weighted by Crippen LogP contribution is -2.43. The number of amides is 2. The van der Waals surface area contributed by atoms with Gasteiger partial charge in [0, 0.05) is 31.8 Å². The van der Waals surface area contributed by atoms with E-state index < -0.39 is 17.9 Å². The zero-order valence-electron chi connectivity index (χ0n) is 14.1. The van der Waals surface area contributed by atoms with Crippen molar-refractivity contribution in [1.82, 2.24) is 4.90 Å². The average molecular weight is 348 g/mol. The van der Waals surface area contributed by atoms with Crippen molar-refractivity contribution >= 4 is 23.5 Å². The van der Waals surface area contributed by atoms with Crippen LogP contribution in [0.2, 0.25) is 0 Å². The molecule has 1 N–H and O–H groups in total. The number of likely N-dealkylation sites (N-methyl/N-ethyl adjacent to an activating group) is 1. The summed E-state index contributed by atoms with van der Waals surface area (Å²) >= 11 is 0. The van der Waals surface area contributed by atoms with E-state index in [4.69, 9.17) is 14.6 Å². The molecule has 1 saturated heterocycles. The van der Waals surface area contributed by atoms with Gasteiger partial charge in [-0.3, -0.25) is 9.59 Å². The van der Waals surface area contributed by atoms with Crippen LogP contribution in [0, 0.1) is 5.92 Å². The van der Waals surface area contributed by atoms with Crippen molar-refractivity contribution in [1.29, 1.82) is 0 Å². The lowest BCUT2D eigenvalue weighted by molar-refractivity contribution is -0.149. The Kier molecular flexibility index (Phi) is 4.52. The topological polar surface area (TPSA) is 96.4 Å². The van der Waals surface area contributed by atoms with Crippen LogP contribution in [0.5, 0.6) is 11.5 Å². The van der Waals surface area contributed by atoms with Gasteiger partial charge in [0.1, 0.15) is 19.3 Å². The number of nitrogens with zero attached hydrogens (tertiary/aromatic N) is 2. The molecule has 1 aromatic rings. The highest BCUT2D eigenvalue weighted by Gasteiger charge is 2.38. The third-order valence-electron chi connectivity index (χ3n) is 4.60. The Labute approximate surface area is 144 Å². The van der Waals surface area contributed by atoms with Gasteiger partial charge in [-0.1, -0.05) is 0 Å². The Morgan fingerprint density at radius 2 is 1.96 bits per heavy atom. The zero-order valence-corrected chi connectivity index (χ0v) is 14.1. The predicted octanol–water partition coefficient (Wildman–Crippen LogP) is 0.742. The molecule has 3 rings (SSSR count). The normalized spacial score (nSPS) is 20.3. The van der Waals surface area contributed by atoms with Crippen LogP contribution < -0.4 is 14.4 Å². The molecule has 134 valence electrons. The zero-order chi connectivity index (χ0) is 18.1. The second-order valence-corrected chi connectivity index (χ2v) is 6.20. The highest BCUT2D eigenvalue weighted by molar-refractivity contribution is 6.01. The molecule has 0 aliphatic carbocycles. The maximum Gasteiger partial charge on any atom is 0.326 e. The summed E-state index contributed by atoms with van der Waals surface area (Å²) in [4.78, 5) is 38.6. The van der Waals surface area contributed by atoms with E-state index in [1.54, 1.807) is 18.2 Å². The number of carbonyl (C=O) groups excluding carboxylic acids is 2. The van der Waals surface area contributed by atoms with Crippen molar-refractivity contribution < 1.29 is 29.0 Å². The van der Waals surface area contributed by atoms with Crippen molar-refractivity contribution in [2.24, 2.45) is 5.92 Å². The number of aliphatic carboxylic acids is 1. The molecule has 1 fully saturated rings. The second kappa shape index (κ2) is 6.62. The van der Waals surface area contributed by atoms with E-state index in [1.807, 2.05) is 0 Å². The van der Waals surface area contributed by atoms with E-state index in [2.05, 4.69) is 0 Å². The molecule has 0 radical (unpaired) electrons. The number of carboxylic acid groups (broad SMARTS) is 1. The summed E-state index contributed by atoms with van der Waals surface area (Å²) in [6, 6.07) is 4.28. The molecule has 0 bridgehead atoms. The van der Waals surface area contributed by atoms with Gasteiger partial charge in [0.05, 0.1) is 5.92 Å². The third kappa shape index (κ3) is 3.24. The lowest BCUT2D eigenvalue weighted by Gasteiger charge is -2.25. The molecule has 0 saturated carbocycles. The van der Waals surface area contributed by atoms with Crippen molar-refractivity contribution in [3.8, 4) is 11.5 Å². The van der Waals surface area contributed by atoms with Crippen LogP contribution in [0.1, 0.15) is 13.3 Å². The van der Waals surface area contributed by atoms with Gasteiger partial charge in [-0.25, -0.2) is 4.79 Å². The van der Waals surface area contributed by atoms with E-state index in [0.717, 1.165) is 0 Å². The first kappa shape index (κ1) is 17.1. The highest BCUT2D eigenvalue weighted by Crippen LogP contribution is 2.36. The van der Waals surface area contributed by atoms with Crippen LogP contribution in [-0.2, 0) is 14.4 Å². The Bertz CT molecular complexity index is 719. The summed E-state index contributed by atoms with van der Waals surface area (Å²) in [6.45, 7) is 2.59. The molecule has 8 nitrogen and oxygen atoms in total. The number of anilines is 1. The van der Waals surface area contributed by atoms with Gasteiger partial charge in [-0.15, -0.1) is 0 Å². The van der Waals surface area contributed by atoms with Gasteiger partial charge in [0.2, 0.25) is 11.8 Å². The SMILES string of the molecule is CC(C(=O)O)N(C)C(=O)C1CC(=O)N(c2ccc3c(c2)OCCO3)C1. The number of hydrogen-bond donors (Lipinski definition) is 1. The summed E-state index contributed by atoms with van der Waals surface area (Å²) in [7, 11) is 1.44. The van der Waals surface area contributed by atoms with Crippen LogP contribution in [0.4, 0.5) is 5.69 Å². The molecule has 0 aromatic heterocycles. The van der Waals surface area contributed by atoms with Crippen molar-refractivity contribution in [3.63, 3.8) is 0 Å². The molecule has 2 aliphatic rings. The van der Waals surface area contributed by atoms with Gasteiger partial charge < -0.3 is 24.4 Å². The Hall–Kier alpha value is -2.77. The molecule has 2 atom stereocenters. The fourth-order valence-corrected chi connectivity index (χ4v) is 2.97. The summed E-state index contributed by atoms with van der Waals surface area (Å²) in [5.74, 6) is -0.960. The Balaban J connectivity index is 1.74. The summed E-state index contributed by atoms with van der Waals surface area (Å²) in [6.07, 6.45) is 0.0595. The molecule has 25 heavy (non-hydrogen) atoms. The number of carbonyl (C=O) groups is 3. The summed E-state index contributed by atoms with van der Waals surface area (Å²) in [5.41, 5.74) is 0.637. The smallest absolute Gasteiger partial charge is 0.326 e. The van der Waals surface area contributed by atoms with E-state index in [-0.39, 0.29) is 24.8 Å². The second-order valence-electron chi connectivity index (χ2n) is 6.20. The quantitative estimate of drug-likeness (QED) is 0.862. The molecule has 1 aromatic carbocycles. The van der Waals surface area contributed by atoms with Crippen LogP contribution in [-0.4, -0.2) is 60.6 Å². The summed E-state index contributed by atoms with van der Waals surface area (Å²) < 4.78 is 11.0. The molecule has 2 heterocycles. The van der Waals surface area contributed by atoms with Gasteiger partial charge in [0.15, 0.2) is 11.5 Å². The Morgan fingerprint density at radius 1 is 1.28 bits per heavy atom. The molecular weight excluding hydrogens is 328 g/mol. The molecule has 2 amide bonds. The number of benzene rings is 1. The maximum absolute atomic E-state index is 12.5. The predicted molar refractivity (Wildman–Crippen MR) is 87.8 cm³/mol. The fourth-order valence-electron chi connectivity index (χ4n) is 2.97. The third-order valence-corrected chi connectivity index (χ3v) is 4.60. The minimum atomic E-state index is -1.08. The van der Waals surface area contributed by atoms with E-state index >= 15 is 0 Å². The number of fused-ring (bicyclic) bond motifs is 1. The van der Waals surface area contributed by atoms with Gasteiger partial charge in [-0.05, 0) is 19.1 Å². The molecular formula is C17H20N2O6. The van der Waals surface area contributed by atoms with Crippen molar-refractivity contribution in [3.05, 3.63) is 18.2 Å². The number of ether oxygens (including phenoxy) is 2. The van der Waals surface area contributed by atoms with Crippen LogP contribution in [0.25, 0.3) is 0 Å². The molecule has 8 heteroatoms. The molecule has 0 spiro atoms. The largest absolute Gasteiger partial charge is 0.486 e. The fraction of sp³-hybridized carbons (Fsp3) is 0.471. The van der Waals surface area contributed by atoms with Crippen LogP contribution in [0.15, 0.2) is 18.2 Å². The number of rotatable bonds is 4. The van der Waals surface area contributed by atoms with Gasteiger partial charge in [-0.2, -0.15) is 0 Å². The first-order valence-electron chi connectivity index (χ1n) is 8.08. The Morgan fingerprint density at radius 3 is 2.64 bits per heavy atom. The lowest BCUT2D eigenvalue weighted by atomic mass is 10.1. The average Bonchev–Trinajstić information content (AvgIpc) is 3.01. The van der Waals surface area contributed by atoms with Crippen molar-refractivity contribution in [2.45, 2.75) is 19.4 Å². The minimum absolute atomic E-state index is 0.0595. The highest BCUT2D eigenvalue weighted by atomic mass is 16.6. The van der Waals surface area contributed by atoms with E-state index in [0.29, 0.717) is 30.4 Å². The molecule has 2 unspecified atom stereocenters. The first-order chi connectivity index (χ1) is 11.9. The van der Waals surface area contributed by atoms with Gasteiger partial charge >= 0.3 is 5.97 Å². The summed E-state index contributed by atoms with van der Waals surface area (Å²) in [5, 5.41) is 9.04. The van der Waals surface area contributed by atoms with Crippen LogP contribution in [0.3, 0.4) is 0 Å². The maximum atomic E-state index is 12.5. The first-order valence-corrected chi connectivity index (χ1v) is 8.08. The number of carboxylic acids is 1. The molecule has 2 aliphatic heterocycles.